The Morgan fingerprint density at radius 3 is 1.41 bits per heavy atom. The van der Waals surface area contributed by atoms with Gasteiger partial charge in [-0.25, -0.2) is 0 Å². The van der Waals surface area contributed by atoms with Crippen molar-refractivity contribution < 1.29 is 74.4 Å². The minimum atomic E-state index is -1.62. The lowest BCUT2D eigenvalue weighted by atomic mass is 9.45. The second-order valence-corrected chi connectivity index (χ2v) is 27.9. The zero-order chi connectivity index (χ0) is 57.6. The van der Waals surface area contributed by atoms with Gasteiger partial charge in [-0.2, -0.15) is 0 Å². The number of allylic oxidation sites excluding steroid dienone is 12. The van der Waals surface area contributed by atoms with E-state index in [4.69, 9.17) is 0 Å². The zero-order valence-electron chi connectivity index (χ0n) is 47.1. The van der Waals surface area contributed by atoms with E-state index in [1.807, 2.05) is 45.9 Å². The number of hydrogen-bond donors (Lipinski definition) is 8. The van der Waals surface area contributed by atoms with Crippen LogP contribution in [0, 0.1) is 91.7 Å². The van der Waals surface area contributed by atoms with Crippen molar-refractivity contribution in [2.24, 2.45) is 91.7 Å². The molecule has 0 unspecified atom stereocenters. The number of aliphatic hydroxyl groups excluding tert-OH is 5. The number of fused-ring (bicyclic) bond motifs is 15. The molecule has 12 aliphatic carbocycles. The summed E-state index contributed by atoms with van der Waals surface area (Å²) in [6.07, 6.45) is 22.4. The highest BCUT2D eigenvalue weighted by Crippen LogP contribution is 2.70. The third-order valence-electron chi connectivity index (χ3n) is 24.8. The maximum absolute atomic E-state index is 13.3. The van der Waals surface area contributed by atoms with Crippen LogP contribution in [0.15, 0.2) is 71.4 Å². The lowest BCUT2D eigenvalue weighted by molar-refractivity contribution is -0.180. The van der Waals surface area contributed by atoms with Gasteiger partial charge in [0, 0.05) is 56.7 Å². The minimum Gasteiger partial charge on any atom is -0.393 e. The van der Waals surface area contributed by atoms with Crippen molar-refractivity contribution in [2.45, 2.75) is 167 Å². The Kier molecular flexibility index (Phi) is 14.3. The normalized spacial score (nSPS) is 49.4. The first-order valence-electron chi connectivity index (χ1n) is 29.2. The molecule has 0 aromatic heterocycles. The summed E-state index contributed by atoms with van der Waals surface area (Å²) in [6, 6.07) is 0. The van der Waals surface area contributed by atoms with E-state index in [1.54, 1.807) is 36.5 Å². The van der Waals surface area contributed by atoms with Crippen LogP contribution in [0.2, 0.25) is 0 Å². The molecule has 0 aromatic carbocycles. The van der Waals surface area contributed by atoms with Gasteiger partial charge in [0.25, 0.3) is 0 Å². The van der Waals surface area contributed by atoms with Gasteiger partial charge < -0.3 is 40.9 Å². The fourth-order valence-corrected chi connectivity index (χ4v) is 20.9. The van der Waals surface area contributed by atoms with Gasteiger partial charge in [-0.1, -0.05) is 83.4 Å². The van der Waals surface area contributed by atoms with Crippen molar-refractivity contribution in [1.29, 1.82) is 0 Å². The molecule has 12 aliphatic rings. The first-order valence-corrected chi connectivity index (χ1v) is 29.2. The predicted octanol–water partition coefficient (Wildman–Crippen LogP) is 5.13. The lowest BCUT2D eigenvalue weighted by Gasteiger charge is -2.60. The van der Waals surface area contributed by atoms with Crippen LogP contribution in [0.3, 0.4) is 0 Å². The molecule has 79 heavy (non-hydrogen) atoms. The first-order chi connectivity index (χ1) is 36.9. The van der Waals surface area contributed by atoms with Crippen molar-refractivity contribution in [3.63, 3.8) is 0 Å². The summed E-state index contributed by atoms with van der Waals surface area (Å²) in [4.78, 5) is 85.9. The molecule has 15 heteroatoms. The SMILES string of the molecule is C[C@H]1C[C@@H]2[C@H]([C@@H](O)C[C@@]3(C)[C@H]2CC[C@]3(O)C(=O)CO)[C@@]2(C)C=CC(=O)C=C12.C[C@]12C=CC(=O)C=C1CC[C@@H]1[C@@H]2C(=O)C[C@@]2(C)[C@H]1CC[C@]2(O)C(=O)CO.C[C@]12C=CC(=O)C=C1CC[C@@H]1[C@@H]2[C@@H](O)C[C@@]2(C)[C@H]1CC[C@]2(O)C(=O)CO. The maximum Gasteiger partial charge on any atom is 0.190 e. The second kappa shape index (κ2) is 19.5. The highest BCUT2D eigenvalue weighted by Gasteiger charge is 2.71. The number of carbonyl (C=O) groups excluding carboxylic acids is 7. The van der Waals surface area contributed by atoms with E-state index in [-0.39, 0.29) is 99.6 Å². The first kappa shape index (κ1) is 58.0. The zero-order valence-corrected chi connectivity index (χ0v) is 47.1. The van der Waals surface area contributed by atoms with Crippen LogP contribution in [0.1, 0.15) is 138 Å². The fourth-order valence-electron chi connectivity index (χ4n) is 20.9. The number of rotatable bonds is 6. The highest BCUT2D eigenvalue weighted by atomic mass is 16.3. The smallest absolute Gasteiger partial charge is 0.190 e. The van der Waals surface area contributed by atoms with E-state index in [0.29, 0.717) is 38.5 Å². The molecule has 21 atom stereocenters. The molecule has 0 aromatic rings. The summed E-state index contributed by atoms with van der Waals surface area (Å²) < 4.78 is 0. The summed E-state index contributed by atoms with van der Waals surface area (Å²) in [7, 11) is 0. The molecule has 8 N–H and O–H groups in total. The number of Topliss-reactive ketones (excluding diaryl/α,β-unsaturated/α-hetero) is 4. The third kappa shape index (κ3) is 8.02. The summed E-state index contributed by atoms with van der Waals surface area (Å²) in [6.45, 7) is 12.0. The molecular weight excluding hydrogens is 1010 g/mol. The Labute approximate surface area is 463 Å². The molecule has 0 saturated heterocycles. The fraction of sp³-hybridized carbons (Fsp3) is 0.703. The lowest BCUT2D eigenvalue weighted by Crippen LogP contribution is -2.62. The summed E-state index contributed by atoms with van der Waals surface area (Å²) in [5.74, 6) is -0.893. The highest BCUT2D eigenvalue weighted by molar-refractivity contribution is 6.03. The standard InChI is InChI=1S/C22H30O5.C21H28O5.C21H26O5/c1-12-8-14-15-5-7-22(27,18(26)11-23)21(15,3)10-17(25)19(14)20(2)6-4-13(24)9-16(12)20;2*1-19-7-5-13(23)9-12(19)3-4-14-15-6-8-21(26,17(25)11-22)20(15,2)10-16(24)18(14)19/h4,6,9,12,14-15,17,19,23,25,27H,5,7-8,10-11H2,1-3H3;5,7,9,14-16,18,22,24,26H,3-4,6,8,10-11H2,1-2H3;5,7,9,14-15,18,22,26H,3-4,6,8,10-11H2,1-2H3/t12-,14-,15-,17-,19+,20-,21-,22-;14-,15-,16-,18+,19-,20-,21-;14-,15-,18+,19-,20-,21-/m000/s1. The number of ketones is 7. The van der Waals surface area contributed by atoms with Gasteiger partial charge in [-0.3, -0.25) is 33.6 Å². The molecule has 0 heterocycles. The van der Waals surface area contributed by atoms with Crippen LogP contribution < -0.4 is 0 Å². The summed E-state index contributed by atoms with van der Waals surface area (Å²) >= 11 is 0. The van der Waals surface area contributed by atoms with Crippen LogP contribution in [0.4, 0.5) is 0 Å². The van der Waals surface area contributed by atoms with E-state index in [9.17, 15) is 74.4 Å². The minimum absolute atomic E-state index is 0.00620. The Hall–Kier alpha value is -4.19. The monoisotopic (exact) mass is 1090 g/mol. The Morgan fingerprint density at radius 2 is 0.911 bits per heavy atom. The van der Waals surface area contributed by atoms with Crippen molar-refractivity contribution in [2.75, 3.05) is 19.8 Å². The van der Waals surface area contributed by atoms with Crippen LogP contribution in [-0.2, 0) is 33.6 Å². The molecule has 0 radical (unpaired) electrons. The largest absolute Gasteiger partial charge is 0.393 e. The van der Waals surface area contributed by atoms with E-state index >= 15 is 0 Å². The predicted molar refractivity (Wildman–Crippen MR) is 289 cm³/mol. The van der Waals surface area contributed by atoms with Gasteiger partial charge in [0.15, 0.2) is 34.7 Å². The van der Waals surface area contributed by atoms with E-state index < -0.39 is 87.8 Å². The molecule has 0 spiro atoms. The average Bonchev–Trinajstić information content (AvgIpc) is 3.00. The second-order valence-electron chi connectivity index (χ2n) is 27.9. The third-order valence-corrected chi connectivity index (χ3v) is 24.8. The van der Waals surface area contributed by atoms with E-state index in [1.165, 1.54) is 0 Å². The van der Waals surface area contributed by atoms with Crippen molar-refractivity contribution in [3.05, 3.63) is 71.4 Å². The number of hydrogen-bond acceptors (Lipinski definition) is 15. The Bertz CT molecular complexity index is 2840. The van der Waals surface area contributed by atoms with Crippen molar-refractivity contribution in [1.82, 2.24) is 0 Å². The topological polar surface area (TPSA) is 281 Å². The van der Waals surface area contributed by atoms with Crippen LogP contribution in [-0.4, -0.2) is 130 Å². The molecule has 0 aliphatic heterocycles. The number of carbonyl (C=O) groups is 7. The van der Waals surface area contributed by atoms with Gasteiger partial charge in [-0.15, -0.1) is 0 Å². The average molecular weight is 1090 g/mol. The van der Waals surface area contributed by atoms with Gasteiger partial charge in [0.2, 0.25) is 0 Å². The Balaban J connectivity index is 0.000000134. The van der Waals surface area contributed by atoms with Crippen LogP contribution in [0.5, 0.6) is 0 Å². The molecule has 9 fully saturated rings. The molecule has 0 amide bonds. The van der Waals surface area contributed by atoms with Crippen LogP contribution >= 0.6 is 0 Å². The quantitative estimate of drug-likeness (QED) is 0.171. The van der Waals surface area contributed by atoms with Gasteiger partial charge in [0.1, 0.15) is 42.4 Å². The summed E-state index contributed by atoms with van der Waals surface area (Å²) in [5.41, 5.74) is -4.99. The van der Waals surface area contributed by atoms with Crippen molar-refractivity contribution >= 4 is 40.5 Å². The van der Waals surface area contributed by atoms with Crippen molar-refractivity contribution in [3.8, 4) is 0 Å². The number of aliphatic hydroxyl groups is 8. The van der Waals surface area contributed by atoms with Gasteiger partial charge in [-0.05, 0) is 161 Å². The van der Waals surface area contributed by atoms with Gasteiger partial charge in [0.05, 0.1) is 12.2 Å². The van der Waals surface area contributed by atoms with E-state index in [2.05, 4.69) is 20.8 Å². The van der Waals surface area contributed by atoms with Gasteiger partial charge >= 0.3 is 0 Å². The molecule has 15 nitrogen and oxygen atoms in total. The molecule has 12 rings (SSSR count). The van der Waals surface area contributed by atoms with Crippen LogP contribution in [0.25, 0.3) is 0 Å². The Morgan fingerprint density at radius 1 is 0.519 bits per heavy atom. The molecular formula is C64H84O15. The molecule has 430 valence electrons. The maximum atomic E-state index is 13.3. The molecule has 9 saturated carbocycles. The molecule has 0 bridgehead atoms. The summed E-state index contributed by atoms with van der Waals surface area (Å²) in [5, 5.41) is 84.0. The van der Waals surface area contributed by atoms with E-state index in [0.717, 1.165) is 61.7 Å².